The van der Waals surface area contributed by atoms with Gasteiger partial charge < -0.3 is 9.31 Å². The summed E-state index contributed by atoms with van der Waals surface area (Å²) in [5, 5.41) is 0. The Balaban J connectivity index is 1.43. The molecule has 1 saturated heterocycles. The molecule has 0 radical (unpaired) electrons. The minimum absolute atomic E-state index is 0.0936. The summed E-state index contributed by atoms with van der Waals surface area (Å²) in [6.07, 6.45) is 8.86. The van der Waals surface area contributed by atoms with Crippen LogP contribution >= 0.6 is 0 Å². The summed E-state index contributed by atoms with van der Waals surface area (Å²) >= 11 is 0. The minimum Gasteiger partial charge on any atom is -0.405 e. The summed E-state index contributed by atoms with van der Waals surface area (Å²) in [4.78, 5) is 0. The summed E-state index contributed by atoms with van der Waals surface area (Å²) in [6.45, 7) is 0. The molecule has 1 heterocycles. The van der Waals surface area contributed by atoms with E-state index in [-0.39, 0.29) is 18.0 Å². The van der Waals surface area contributed by atoms with Crippen molar-refractivity contribution in [2.24, 2.45) is 11.8 Å². The molecule has 0 unspecified atom stereocenters. The number of halogens is 3. The normalized spacial score (nSPS) is 25.6. The van der Waals surface area contributed by atoms with Crippen LogP contribution < -0.4 is 0 Å². The van der Waals surface area contributed by atoms with Crippen molar-refractivity contribution >= 4 is 7.12 Å². The van der Waals surface area contributed by atoms with Gasteiger partial charge in [0.15, 0.2) is 0 Å². The second-order valence-corrected chi connectivity index (χ2v) is 10.8. The first-order chi connectivity index (χ1) is 17.0. The van der Waals surface area contributed by atoms with Crippen molar-refractivity contribution in [2.45, 2.75) is 94.8 Å². The van der Waals surface area contributed by atoms with Gasteiger partial charge in [0.1, 0.15) is 0 Å². The fourth-order valence-corrected chi connectivity index (χ4v) is 6.53. The van der Waals surface area contributed by atoms with Crippen LogP contribution in [0, 0.1) is 11.8 Å². The average molecular weight is 484 g/mol. The molecule has 0 N–H and O–H groups in total. The Morgan fingerprint density at radius 1 is 0.714 bits per heavy atom. The van der Waals surface area contributed by atoms with Gasteiger partial charge in [0, 0.05) is 5.82 Å². The third-order valence-corrected chi connectivity index (χ3v) is 8.43. The van der Waals surface area contributed by atoms with Crippen molar-refractivity contribution in [1.82, 2.24) is 0 Å². The molecule has 0 bridgehead atoms. The fraction of sp³-hybridized carbons (Fsp3) is 0.586. The molecule has 2 nitrogen and oxygen atoms in total. The van der Waals surface area contributed by atoms with E-state index in [1.165, 1.54) is 76.3 Å². The standard InChI is InChI=1S/C29H36BF3O2/c31-29(32,33)25-18-16-22(17-19-25)26(20-21-10-4-1-5-11-21)30-34-27(23-12-6-2-7-13-23)28(35-30)24-14-8-3-9-15-24/h1,4-5,10-11,16-19,23-24,26-28H,2-3,6-9,12-15,20H2/t26-,27-,28-/m1/s1. The van der Waals surface area contributed by atoms with Crippen LogP contribution in [0.2, 0.25) is 0 Å². The Kier molecular flexibility index (Phi) is 7.88. The third kappa shape index (κ3) is 5.97. The Morgan fingerprint density at radius 3 is 1.71 bits per heavy atom. The van der Waals surface area contributed by atoms with Gasteiger partial charge in [-0.1, -0.05) is 81.0 Å². The van der Waals surface area contributed by atoms with E-state index in [2.05, 4.69) is 12.1 Å². The largest absolute Gasteiger partial charge is 0.465 e. The molecular formula is C29H36BF3O2. The van der Waals surface area contributed by atoms with Crippen LogP contribution in [0.1, 0.15) is 86.7 Å². The van der Waals surface area contributed by atoms with Crippen molar-refractivity contribution in [2.75, 3.05) is 0 Å². The predicted octanol–water partition coefficient (Wildman–Crippen LogP) is 8.00. The molecule has 1 aliphatic heterocycles. The van der Waals surface area contributed by atoms with E-state index in [1.54, 1.807) is 12.1 Å². The van der Waals surface area contributed by atoms with Crippen LogP contribution in [0.15, 0.2) is 54.6 Å². The number of hydrogen-bond donors (Lipinski definition) is 0. The average Bonchev–Trinajstić information content (AvgIpc) is 3.34. The molecule has 0 aromatic heterocycles. The lowest BCUT2D eigenvalue weighted by Gasteiger charge is -2.35. The first-order valence-corrected chi connectivity index (χ1v) is 13.5. The van der Waals surface area contributed by atoms with Gasteiger partial charge in [-0.3, -0.25) is 0 Å². The monoisotopic (exact) mass is 484 g/mol. The Bertz CT molecular complexity index is 895. The number of hydrogen-bond acceptors (Lipinski definition) is 2. The van der Waals surface area contributed by atoms with Crippen LogP contribution in [0.25, 0.3) is 0 Å². The van der Waals surface area contributed by atoms with Gasteiger partial charge >= 0.3 is 13.3 Å². The highest BCUT2D eigenvalue weighted by molar-refractivity contribution is 6.47. The molecule has 3 fully saturated rings. The molecule has 0 amide bonds. The van der Waals surface area contributed by atoms with Crippen molar-refractivity contribution < 1.29 is 22.5 Å². The first-order valence-electron chi connectivity index (χ1n) is 13.5. The summed E-state index contributed by atoms with van der Waals surface area (Å²) in [6, 6.07) is 15.8. The van der Waals surface area contributed by atoms with Crippen LogP contribution in [-0.4, -0.2) is 19.3 Å². The molecule has 2 aliphatic carbocycles. The summed E-state index contributed by atoms with van der Waals surface area (Å²) < 4.78 is 53.3. The summed E-state index contributed by atoms with van der Waals surface area (Å²) in [5.74, 6) is 0.885. The lowest BCUT2D eigenvalue weighted by atomic mass is 9.65. The van der Waals surface area contributed by atoms with E-state index in [9.17, 15) is 13.2 Å². The molecule has 5 rings (SSSR count). The summed E-state index contributed by atoms with van der Waals surface area (Å²) in [7, 11) is -0.439. The SMILES string of the molecule is FC(F)(F)c1ccc([C@@H](Cc2ccccc2)B2O[C@H](C3CCCCC3)[C@@H](C3CCCCC3)O2)cc1. The predicted molar refractivity (Wildman–Crippen MR) is 133 cm³/mol. The van der Waals surface area contributed by atoms with Crippen molar-refractivity contribution in [1.29, 1.82) is 0 Å². The fourth-order valence-electron chi connectivity index (χ4n) is 6.53. The molecule has 188 valence electrons. The zero-order valence-corrected chi connectivity index (χ0v) is 20.4. The molecular weight excluding hydrogens is 448 g/mol. The maximum Gasteiger partial charge on any atom is 0.465 e. The van der Waals surface area contributed by atoms with E-state index in [4.69, 9.17) is 9.31 Å². The van der Waals surface area contributed by atoms with Gasteiger partial charge in [0.25, 0.3) is 0 Å². The van der Waals surface area contributed by atoms with Gasteiger partial charge in [0.05, 0.1) is 17.8 Å². The van der Waals surface area contributed by atoms with E-state index in [0.29, 0.717) is 18.3 Å². The van der Waals surface area contributed by atoms with Gasteiger partial charge in [0.2, 0.25) is 0 Å². The second kappa shape index (κ2) is 11.1. The first kappa shape index (κ1) is 24.9. The molecule has 35 heavy (non-hydrogen) atoms. The Labute approximate surface area is 207 Å². The number of benzene rings is 2. The highest BCUT2D eigenvalue weighted by Gasteiger charge is 2.50. The van der Waals surface area contributed by atoms with Gasteiger partial charge in [-0.05, 0) is 67.2 Å². The molecule has 2 aromatic carbocycles. The highest BCUT2D eigenvalue weighted by atomic mass is 19.4. The van der Waals surface area contributed by atoms with Crippen LogP contribution in [-0.2, 0) is 21.9 Å². The topological polar surface area (TPSA) is 18.5 Å². The maximum atomic E-state index is 13.2. The molecule has 2 saturated carbocycles. The van der Waals surface area contributed by atoms with Crippen molar-refractivity contribution in [3.8, 4) is 0 Å². The molecule has 3 atom stereocenters. The third-order valence-electron chi connectivity index (χ3n) is 8.43. The van der Waals surface area contributed by atoms with Crippen LogP contribution in [0.4, 0.5) is 13.2 Å². The zero-order chi connectivity index (χ0) is 24.3. The lowest BCUT2D eigenvalue weighted by molar-refractivity contribution is -0.137. The summed E-state index contributed by atoms with van der Waals surface area (Å²) in [5.41, 5.74) is 1.37. The minimum atomic E-state index is -4.34. The number of alkyl halides is 3. The number of rotatable bonds is 6. The zero-order valence-electron chi connectivity index (χ0n) is 20.4. The Hall–Kier alpha value is -1.79. The van der Waals surface area contributed by atoms with Crippen molar-refractivity contribution in [3.05, 3.63) is 71.3 Å². The lowest BCUT2D eigenvalue weighted by Crippen LogP contribution is -2.38. The van der Waals surface area contributed by atoms with E-state index < -0.39 is 18.9 Å². The van der Waals surface area contributed by atoms with Crippen LogP contribution in [0.3, 0.4) is 0 Å². The molecule has 0 spiro atoms. The molecule has 2 aromatic rings. The quantitative estimate of drug-likeness (QED) is 0.387. The Morgan fingerprint density at radius 2 is 1.23 bits per heavy atom. The maximum absolute atomic E-state index is 13.2. The van der Waals surface area contributed by atoms with Gasteiger partial charge in [-0.2, -0.15) is 13.2 Å². The van der Waals surface area contributed by atoms with E-state index in [0.717, 1.165) is 11.1 Å². The van der Waals surface area contributed by atoms with E-state index >= 15 is 0 Å². The highest BCUT2D eigenvalue weighted by Crippen LogP contribution is 2.43. The smallest absolute Gasteiger partial charge is 0.405 e. The molecule has 6 heteroatoms. The van der Waals surface area contributed by atoms with Crippen LogP contribution in [0.5, 0.6) is 0 Å². The van der Waals surface area contributed by atoms with Crippen molar-refractivity contribution in [3.63, 3.8) is 0 Å². The molecule has 3 aliphatic rings. The van der Waals surface area contributed by atoms with E-state index in [1.807, 2.05) is 18.2 Å². The van der Waals surface area contributed by atoms with Gasteiger partial charge in [-0.25, -0.2) is 0 Å². The van der Waals surface area contributed by atoms with Gasteiger partial charge in [-0.15, -0.1) is 0 Å². The second-order valence-electron chi connectivity index (χ2n) is 10.8.